The largest absolute Gasteiger partial charge is 0.349 e. The fourth-order valence-electron chi connectivity index (χ4n) is 2.47. The van der Waals surface area contributed by atoms with E-state index >= 15 is 0 Å². The van der Waals surface area contributed by atoms with Gasteiger partial charge in [0.05, 0.1) is 17.9 Å². The highest BCUT2D eigenvalue weighted by molar-refractivity contribution is 6.06. The Morgan fingerprint density at radius 2 is 1.88 bits per heavy atom. The molecule has 2 rings (SSSR count). The Balaban J connectivity index is 2.29. The molecule has 5 heteroatoms. The fraction of sp³-hybridized carbons (Fsp3) is 0.545. The third-order valence-electron chi connectivity index (χ3n) is 3.18. The number of hydrogen-bond acceptors (Lipinski definition) is 3. The number of fused-ring (bicyclic) bond motifs is 1. The summed E-state index contributed by atoms with van der Waals surface area (Å²) in [7, 11) is 0. The van der Waals surface area contributed by atoms with E-state index in [9.17, 15) is 14.4 Å². The van der Waals surface area contributed by atoms with Crippen LogP contribution < -0.4 is 10.6 Å². The first-order chi connectivity index (χ1) is 7.50. The van der Waals surface area contributed by atoms with Gasteiger partial charge in [0, 0.05) is 6.92 Å². The normalized spacial score (nSPS) is 36.9. The third-order valence-corrected chi connectivity index (χ3v) is 3.18. The average Bonchev–Trinajstić information content (AvgIpc) is 2.47. The summed E-state index contributed by atoms with van der Waals surface area (Å²) in [5.74, 6) is -1.51. The van der Waals surface area contributed by atoms with Crippen molar-refractivity contribution in [1.82, 2.24) is 10.6 Å². The molecule has 1 aliphatic heterocycles. The summed E-state index contributed by atoms with van der Waals surface area (Å²) in [6.07, 6.45) is 3.67. The van der Waals surface area contributed by atoms with E-state index in [1.807, 2.05) is 13.0 Å². The van der Waals surface area contributed by atoms with Crippen LogP contribution >= 0.6 is 0 Å². The van der Waals surface area contributed by atoms with Crippen LogP contribution in [0.15, 0.2) is 12.2 Å². The van der Waals surface area contributed by atoms with Crippen molar-refractivity contribution >= 4 is 17.7 Å². The zero-order chi connectivity index (χ0) is 11.9. The topological polar surface area (TPSA) is 75.3 Å². The van der Waals surface area contributed by atoms with E-state index in [1.165, 1.54) is 6.92 Å². The van der Waals surface area contributed by atoms with Gasteiger partial charge < -0.3 is 5.32 Å². The standard InChI is InChI=1S/C11H14N2O3/c1-5-3-4-7(12-6(2)14)9-8(5)10(15)13-11(9)16/h3-5,7-9H,1-2H3,(H,12,14)(H,13,15,16)/t5?,7-,8+,9-/m0/s1. The first-order valence-electron chi connectivity index (χ1n) is 5.31. The van der Waals surface area contributed by atoms with Crippen molar-refractivity contribution < 1.29 is 14.4 Å². The minimum absolute atomic E-state index is 0.0291. The van der Waals surface area contributed by atoms with Gasteiger partial charge in [-0.1, -0.05) is 19.1 Å². The predicted octanol–water partition coefficient (Wildman–Crippen LogP) is -0.414. The summed E-state index contributed by atoms with van der Waals surface area (Å²) in [6, 6.07) is -0.370. The summed E-state index contributed by atoms with van der Waals surface area (Å²) in [6.45, 7) is 3.30. The van der Waals surface area contributed by atoms with Crippen LogP contribution in [-0.2, 0) is 14.4 Å². The van der Waals surface area contributed by atoms with Gasteiger partial charge in [-0.05, 0) is 5.92 Å². The molecule has 1 heterocycles. The van der Waals surface area contributed by atoms with Gasteiger partial charge in [0.2, 0.25) is 17.7 Å². The Kier molecular flexibility index (Phi) is 2.53. The Bertz CT molecular complexity index is 389. The number of carbonyl (C=O) groups is 3. The highest BCUT2D eigenvalue weighted by atomic mass is 16.2. The lowest BCUT2D eigenvalue weighted by Crippen LogP contribution is -2.46. The minimum Gasteiger partial charge on any atom is -0.349 e. The van der Waals surface area contributed by atoms with Gasteiger partial charge in [0.15, 0.2) is 0 Å². The maximum absolute atomic E-state index is 11.6. The second-order valence-corrected chi connectivity index (χ2v) is 4.38. The number of rotatable bonds is 1. The van der Waals surface area contributed by atoms with Crippen molar-refractivity contribution in [1.29, 1.82) is 0 Å². The summed E-state index contributed by atoms with van der Waals surface area (Å²) < 4.78 is 0. The third kappa shape index (κ3) is 1.62. The van der Waals surface area contributed by atoms with Gasteiger partial charge >= 0.3 is 0 Å². The van der Waals surface area contributed by atoms with Crippen LogP contribution in [-0.4, -0.2) is 23.8 Å². The Morgan fingerprint density at radius 3 is 2.50 bits per heavy atom. The number of carbonyl (C=O) groups excluding carboxylic acids is 3. The lowest BCUT2D eigenvalue weighted by Gasteiger charge is -2.30. The second-order valence-electron chi connectivity index (χ2n) is 4.38. The molecule has 3 amide bonds. The molecule has 4 atom stereocenters. The first-order valence-corrected chi connectivity index (χ1v) is 5.31. The van der Waals surface area contributed by atoms with Crippen molar-refractivity contribution in [2.24, 2.45) is 17.8 Å². The predicted molar refractivity (Wildman–Crippen MR) is 56.0 cm³/mol. The number of imide groups is 1. The van der Waals surface area contributed by atoms with Crippen LogP contribution in [0.25, 0.3) is 0 Å². The van der Waals surface area contributed by atoms with Gasteiger partial charge in [-0.3, -0.25) is 19.7 Å². The van der Waals surface area contributed by atoms with Crippen LogP contribution in [0.3, 0.4) is 0 Å². The van der Waals surface area contributed by atoms with Gasteiger partial charge in [0.1, 0.15) is 0 Å². The van der Waals surface area contributed by atoms with Crippen molar-refractivity contribution in [2.45, 2.75) is 19.9 Å². The summed E-state index contributed by atoms with van der Waals surface area (Å²) in [5.41, 5.74) is 0. The SMILES string of the molecule is CC(=O)N[C@H]1C=CC(C)[C@H]2C(=O)NC(=O)[C@@H]12. The van der Waals surface area contributed by atoms with E-state index in [0.717, 1.165) is 0 Å². The Morgan fingerprint density at radius 1 is 1.25 bits per heavy atom. The van der Waals surface area contributed by atoms with E-state index < -0.39 is 5.92 Å². The van der Waals surface area contributed by atoms with Gasteiger partial charge in [-0.15, -0.1) is 0 Å². The molecule has 0 radical (unpaired) electrons. The lowest BCUT2D eigenvalue weighted by molar-refractivity contribution is -0.126. The molecular weight excluding hydrogens is 208 g/mol. The molecule has 2 aliphatic rings. The lowest BCUT2D eigenvalue weighted by atomic mass is 9.75. The molecule has 86 valence electrons. The molecule has 1 fully saturated rings. The fourth-order valence-corrected chi connectivity index (χ4v) is 2.47. The Labute approximate surface area is 93.3 Å². The molecule has 2 N–H and O–H groups in total. The van der Waals surface area contributed by atoms with E-state index in [2.05, 4.69) is 10.6 Å². The van der Waals surface area contributed by atoms with Crippen LogP contribution in [0.2, 0.25) is 0 Å². The Hall–Kier alpha value is -1.65. The molecule has 0 spiro atoms. The summed E-state index contributed by atoms with van der Waals surface area (Å²) in [4.78, 5) is 34.2. The van der Waals surface area contributed by atoms with Crippen molar-refractivity contribution in [3.05, 3.63) is 12.2 Å². The average molecular weight is 222 g/mol. The smallest absolute Gasteiger partial charge is 0.232 e. The van der Waals surface area contributed by atoms with Crippen LogP contribution in [0.1, 0.15) is 13.8 Å². The molecule has 16 heavy (non-hydrogen) atoms. The van der Waals surface area contributed by atoms with Gasteiger partial charge in [0.25, 0.3) is 0 Å². The molecule has 0 bridgehead atoms. The monoisotopic (exact) mass is 222 g/mol. The van der Waals surface area contributed by atoms with Crippen molar-refractivity contribution in [3.63, 3.8) is 0 Å². The van der Waals surface area contributed by atoms with Gasteiger partial charge in [-0.25, -0.2) is 0 Å². The number of allylic oxidation sites excluding steroid dienone is 1. The van der Waals surface area contributed by atoms with E-state index in [4.69, 9.17) is 0 Å². The highest BCUT2D eigenvalue weighted by Gasteiger charge is 2.49. The molecule has 1 unspecified atom stereocenters. The maximum Gasteiger partial charge on any atom is 0.232 e. The van der Waals surface area contributed by atoms with E-state index in [-0.39, 0.29) is 35.6 Å². The highest BCUT2D eigenvalue weighted by Crippen LogP contribution is 2.34. The number of hydrogen-bond donors (Lipinski definition) is 2. The minimum atomic E-state index is -0.462. The maximum atomic E-state index is 11.6. The van der Waals surface area contributed by atoms with Gasteiger partial charge in [-0.2, -0.15) is 0 Å². The first kappa shape index (κ1) is 10.9. The van der Waals surface area contributed by atoms with Crippen LogP contribution in [0.5, 0.6) is 0 Å². The van der Waals surface area contributed by atoms with Crippen molar-refractivity contribution in [3.8, 4) is 0 Å². The summed E-state index contributed by atoms with van der Waals surface area (Å²) in [5, 5.41) is 5.01. The zero-order valence-corrected chi connectivity index (χ0v) is 9.19. The molecule has 1 aliphatic carbocycles. The molecular formula is C11H14N2O3. The quantitative estimate of drug-likeness (QED) is 0.467. The molecule has 0 aromatic carbocycles. The molecule has 5 nitrogen and oxygen atoms in total. The number of nitrogens with one attached hydrogen (secondary N) is 2. The summed E-state index contributed by atoms with van der Waals surface area (Å²) >= 11 is 0. The molecule has 0 saturated carbocycles. The van der Waals surface area contributed by atoms with Crippen molar-refractivity contribution in [2.75, 3.05) is 0 Å². The zero-order valence-electron chi connectivity index (χ0n) is 9.19. The van der Waals surface area contributed by atoms with E-state index in [0.29, 0.717) is 0 Å². The molecule has 1 saturated heterocycles. The van der Waals surface area contributed by atoms with Crippen LogP contribution in [0.4, 0.5) is 0 Å². The molecule has 0 aromatic heterocycles. The second kappa shape index (κ2) is 3.73. The van der Waals surface area contributed by atoms with E-state index in [1.54, 1.807) is 6.08 Å². The van der Waals surface area contributed by atoms with Crippen LogP contribution in [0, 0.1) is 17.8 Å². The number of amides is 3. The molecule has 0 aromatic rings.